The van der Waals surface area contributed by atoms with Crippen molar-refractivity contribution < 1.29 is 14.6 Å². The second-order valence-corrected chi connectivity index (χ2v) is 5.54. The predicted octanol–water partition coefficient (Wildman–Crippen LogP) is 1.45. The van der Waals surface area contributed by atoms with E-state index in [1.165, 1.54) is 0 Å². The summed E-state index contributed by atoms with van der Waals surface area (Å²) < 4.78 is 10.7. The van der Waals surface area contributed by atoms with Crippen LogP contribution in [0.5, 0.6) is 11.5 Å². The first-order valence-electron chi connectivity index (χ1n) is 7.52. The van der Waals surface area contributed by atoms with Gasteiger partial charge in [0.15, 0.2) is 0 Å². The number of hydrogen-bond donors (Lipinski definition) is 3. The number of rotatable bonds is 7. The molecular formula is C16H26N2O3. The van der Waals surface area contributed by atoms with E-state index in [0.717, 1.165) is 36.3 Å². The van der Waals surface area contributed by atoms with Crippen molar-refractivity contribution in [2.45, 2.75) is 31.3 Å². The number of methoxy groups -OCH3 is 2. The Morgan fingerprint density at radius 3 is 2.76 bits per heavy atom. The van der Waals surface area contributed by atoms with Crippen molar-refractivity contribution in [3.8, 4) is 11.5 Å². The summed E-state index contributed by atoms with van der Waals surface area (Å²) in [5.41, 5.74) is 6.97. The summed E-state index contributed by atoms with van der Waals surface area (Å²) in [6, 6.07) is 6.04. The quantitative estimate of drug-likeness (QED) is 0.709. The highest BCUT2D eigenvalue weighted by atomic mass is 16.5. The van der Waals surface area contributed by atoms with E-state index in [0.29, 0.717) is 18.5 Å². The monoisotopic (exact) mass is 294 g/mol. The smallest absolute Gasteiger partial charge is 0.123 e. The standard InChI is InChI=1S/C16H26N2O3/c1-20-12-6-7-16(21-2)13(8-12)15(9-17)18-14-5-3-4-11(14)10-19/h6-8,11,14-15,18-19H,3-5,9-10,17H2,1-2H3. The molecular weight excluding hydrogens is 268 g/mol. The second kappa shape index (κ2) is 7.64. The minimum atomic E-state index is -0.00722. The van der Waals surface area contributed by atoms with Gasteiger partial charge in [0.1, 0.15) is 11.5 Å². The summed E-state index contributed by atoms with van der Waals surface area (Å²) in [4.78, 5) is 0. The fraction of sp³-hybridized carbons (Fsp3) is 0.625. The molecule has 5 nitrogen and oxygen atoms in total. The lowest BCUT2D eigenvalue weighted by Gasteiger charge is -2.27. The maximum atomic E-state index is 9.46. The minimum Gasteiger partial charge on any atom is -0.497 e. The van der Waals surface area contributed by atoms with Crippen LogP contribution in [-0.2, 0) is 0 Å². The van der Waals surface area contributed by atoms with E-state index in [9.17, 15) is 5.11 Å². The third-order valence-corrected chi connectivity index (χ3v) is 4.36. The van der Waals surface area contributed by atoms with Crippen molar-refractivity contribution in [1.82, 2.24) is 5.32 Å². The van der Waals surface area contributed by atoms with Gasteiger partial charge in [0, 0.05) is 30.8 Å². The van der Waals surface area contributed by atoms with Gasteiger partial charge < -0.3 is 25.6 Å². The van der Waals surface area contributed by atoms with Crippen molar-refractivity contribution in [3.05, 3.63) is 23.8 Å². The molecule has 21 heavy (non-hydrogen) atoms. The largest absolute Gasteiger partial charge is 0.497 e. The normalized spacial score (nSPS) is 23.0. The number of benzene rings is 1. The summed E-state index contributed by atoms with van der Waals surface area (Å²) in [5.74, 6) is 1.91. The van der Waals surface area contributed by atoms with Gasteiger partial charge in [0.25, 0.3) is 0 Å². The summed E-state index contributed by atoms with van der Waals surface area (Å²) >= 11 is 0. The molecule has 0 amide bonds. The molecule has 3 atom stereocenters. The highest BCUT2D eigenvalue weighted by Gasteiger charge is 2.29. The summed E-state index contributed by atoms with van der Waals surface area (Å²) in [5, 5.41) is 13.0. The minimum absolute atomic E-state index is 0.00722. The Kier molecular flexibility index (Phi) is 5.85. The SMILES string of the molecule is COc1ccc(OC)c(C(CN)NC2CCCC2CO)c1. The van der Waals surface area contributed by atoms with E-state index >= 15 is 0 Å². The van der Waals surface area contributed by atoms with Crippen molar-refractivity contribution in [2.24, 2.45) is 11.7 Å². The molecule has 0 saturated heterocycles. The zero-order valence-electron chi connectivity index (χ0n) is 12.8. The Hall–Kier alpha value is -1.30. The number of aliphatic hydroxyl groups is 1. The van der Waals surface area contributed by atoms with Crippen LogP contribution >= 0.6 is 0 Å². The molecule has 1 fully saturated rings. The van der Waals surface area contributed by atoms with Crippen molar-refractivity contribution in [1.29, 1.82) is 0 Å². The number of nitrogens with two attached hydrogens (primary N) is 1. The van der Waals surface area contributed by atoms with E-state index in [2.05, 4.69) is 5.32 Å². The molecule has 1 aromatic carbocycles. The van der Waals surface area contributed by atoms with Gasteiger partial charge in [-0.15, -0.1) is 0 Å². The lowest BCUT2D eigenvalue weighted by molar-refractivity contribution is 0.199. The average molecular weight is 294 g/mol. The summed E-state index contributed by atoms with van der Waals surface area (Å²) in [6.07, 6.45) is 3.30. The Morgan fingerprint density at radius 2 is 2.14 bits per heavy atom. The van der Waals surface area contributed by atoms with Crippen molar-refractivity contribution >= 4 is 0 Å². The molecule has 2 rings (SSSR count). The third kappa shape index (κ3) is 3.67. The molecule has 1 saturated carbocycles. The number of hydrogen-bond acceptors (Lipinski definition) is 5. The maximum absolute atomic E-state index is 9.46. The molecule has 0 heterocycles. The van der Waals surface area contributed by atoms with Crippen LogP contribution in [0.1, 0.15) is 30.9 Å². The van der Waals surface area contributed by atoms with Crippen LogP contribution in [0, 0.1) is 5.92 Å². The van der Waals surface area contributed by atoms with Crippen LogP contribution in [0.25, 0.3) is 0 Å². The molecule has 118 valence electrons. The first-order valence-corrected chi connectivity index (χ1v) is 7.52. The molecule has 0 aromatic heterocycles. The summed E-state index contributed by atoms with van der Waals surface area (Å²) in [6.45, 7) is 0.697. The predicted molar refractivity (Wildman–Crippen MR) is 82.7 cm³/mol. The van der Waals surface area contributed by atoms with E-state index in [1.54, 1.807) is 14.2 Å². The molecule has 0 radical (unpaired) electrons. The van der Waals surface area contributed by atoms with E-state index in [-0.39, 0.29) is 12.6 Å². The number of aliphatic hydroxyl groups excluding tert-OH is 1. The Morgan fingerprint density at radius 1 is 1.33 bits per heavy atom. The Bertz CT molecular complexity index is 453. The zero-order chi connectivity index (χ0) is 15.2. The fourth-order valence-corrected chi connectivity index (χ4v) is 3.13. The molecule has 5 heteroatoms. The molecule has 0 spiro atoms. The van der Waals surface area contributed by atoms with Crippen LogP contribution in [0.2, 0.25) is 0 Å². The molecule has 1 aliphatic carbocycles. The van der Waals surface area contributed by atoms with Crippen LogP contribution in [0.4, 0.5) is 0 Å². The zero-order valence-corrected chi connectivity index (χ0v) is 12.8. The number of ether oxygens (including phenoxy) is 2. The van der Waals surface area contributed by atoms with E-state index in [1.807, 2.05) is 18.2 Å². The second-order valence-electron chi connectivity index (χ2n) is 5.54. The first-order chi connectivity index (χ1) is 10.2. The van der Waals surface area contributed by atoms with Crippen molar-refractivity contribution in [2.75, 3.05) is 27.4 Å². The Labute approximate surface area is 126 Å². The van der Waals surface area contributed by atoms with Crippen molar-refractivity contribution in [3.63, 3.8) is 0 Å². The highest BCUT2D eigenvalue weighted by Crippen LogP contribution is 2.32. The van der Waals surface area contributed by atoms with Gasteiger partial charge >= 0.3 is 0 Å². The number of nitrogens with one attached hydrogen (secondary N) is 1. The molecule has 0 bridgehead atoms. The van der Waals surface area contributed by atoms with Crippen LogP contribution < -0.4 is 20.5 Å². The summed E-state index contributed by atoms with van der Waals surface area (Å²) in [7, 11) is 3.31. The molecule has 0 aliphatic heterocycles. The maximum Gasteiger partial charge on any atom is 0.123 e. The topological polar surface area (TPSA) is 76.7 Å². The van der Waals surface area contributed by atoms with Gasteiger partial charge in [-0.3, -0.25) is 0 Å². The average Bonchev–Trinajstić information content (AvgIpc) is 2.99. The van der Waals surface area contributed by atoms with Crippen LogP contribution in [0.15, 0.2) is 18.2 Å². The molecule has 3 unspecified atom stereocenters. The van der Waals surface area contributed by atoms with Gasteiger partial charge in [-0.05, 0) is 37.0 Å². The van der Waals surface area contributed by atoms with Gasteiger partial charge in [0.2, 0.25) is 0 Å². The molecule has 1 aromatic rings. The fourth-order valence-electron chi connectivity index (χ4n) is 3.13. The molecule has 1 aliphatic rings. The van der Waals surface area contributed by atoms with Crippen LogP contribution in [-0.4, -0.2) is 38.5 Å². The van der Waals surface area contributed by atoms with E-state index in [4.69, 9.17) is 15.2 Å². The van der Waals surface area contributed by atoms with Crippen LogP contribution in [0.3, 0.4) is 0 Å². The first kappa shape index (κ1) is 16.1. The van der Waals surface area contributed by atoms with Gasteiger partial charge in [0.05, 0.1) is 14.2 Å². The highest BCUT2D eigenvalue weighted by molar-refractivity contribution is 5.42. The van der Waals surface area contributed by atoms with Gasteiger partial charge in [-0.25, -0.2) is 0 Å². The van der Waals surface area contributed by atoms with Gasteiger partial charge in [-0.2, -0.15) is 0 Å². The van der Waals surface area contributed by atoms with Gasteiger partial charge in [-0.1, -0.05) is 6.42 Å². The lowest BCUT2D eigenvalue weighted by Crippen LogP contribution is -2.40. The molecule has 4 N–H and O–H groups in total. The van der Waals surface area contributed by atoms with E-state index < -0.39 is 0 Å². The Balaban J connectivity index is 2.20. The lowest BCUT2D eigenvalue weighted by atomic mass is 10.00. The third-order valence-electron chi connectivity index (χ3n) is 4.36.